The highest BCUT2D eigenvalue weighted by Gasteiger charge is 2.24. The average molecular weight is 480 g/mol. The van der Waals surface area contributed by atoms with Crippen molar-refractivity contribution < 1.29 is 13.3 Å². The first-order valence-electron chi connectivity index (χ1n) is 7.35. The Bertz CT molecular complexity index is 1170. The molecule has 13 heteroatoms. The Balaban J connectivity index is 1.96. The number of benzene rings is 2. The number of nitrogens with zero attached hydrogens (tertiary/aromatic N) is 3. The minimum absolute atomic E-state index is 0.0380. The molecule has 0 fully saturated rings. The van der Waals surface area contributed by atoms with Crippen molar-refractivity contribution in [2.75, 3.05) is 4.72 Å². The van der Waals surface area contributed by atoms with Crippen LogP contribution in [0.15, 0.2) is 35.2 Å². The van der Waals surface area contributed by atoms with Gasteiger partial charge in [0.15, 0.2) is 5.01 Å². The van der Waals surface area contributed by atoms with Gasteiger partial charge in [0.05, 0.1) is 15.0 Å². The third kappa shape index (κ3) is 4.20. The molecule has 146 valence electrons. The van der Waals surface area contributed by atoms with Crippen LogP contribution in [0.1, 0.15) is 5.56 Å². The van der Waals surface area contributed by atoms with Gasteiger partial charge in [0.1, 0.15) is 4.90 Å². The van der Waals surface area contributed by atoms with E-state index < -0.39 is 14.9 Å². The molecular formula is C15H9Cl3N4O4S2. The minimum atomic E-state index is -4.07. The second kappa shape index (κ2) is 7.80. The van der Waals surface area contributed by atoms with Crippen molar-refractivity contribution in [2.45, 2.75) is 11.8 Å². The summed E-state index contributed by atoms with van der Waals surface area (Å²) in [6.45, 7) is 1.56. The van der Waals surface area contributed by atoms with E-state index in [-0.39, 0.29) is 36.3 Å². The molecule has 1 N–H and O–H groups in total. The highest BCUT2D eigenvalue weighted by molar-refractivity contribution is 7.93. The molecular weight excluding hydrogens is 471 g/mol. The number of sulfonamides is 1. The van der Waals surface area contributed by atoms with Gasteiger partial charge in [-0.15, -0.1) is 10.2 Å². The predicted octanol–water partition coefficient (Wildman–Crippen LogP) is 5.18. The quantitative estimate of drug-likeness (QED) is 0.398. The Labute approximate surface area is 178 Å². The first-order valence-corrected chi connectivity index (χ1v) is 10.8. The summed E-state index contributed by atoms with van der Waals surface area (Å²) in [6.07, 6.45) is 0. The Morgan fingerprint density at radius 1 is 1.11 bits per heavy atom. The monoisotopic (exact) mass is 478 g/mol. The summed E-state index contributed by atoms with van der Waals surface area (Å²) in [5, 5.41) is 19.2. The predicted molar refractivity (Wildman–Crippen MR) is 109 cm³/mol. The topological polar surface area (TPSA) is 115 Å². The van der Waals surface area contributed by atoms with E-state index >= 15 is 0 Å². The van der Waals surface area contributed by atoms with Gasteiger partial charge < -0.3 is 0 Å². The zero-order valence-corrected chi connectivity index (χ0v) is 17.7. The van der Waals surface area contributed by atoms with Gasteiger partial charge in [-0.25, -0.2) is 8.42 Å². The average Bonchev–Trinajstić information content (AvgIpc) is 3.01. The van der Waals surface area contributed by atoms with Crippen LogP contribution in [0.25, 0.3) is 10.6 Å². The molecule has 0 saturated heterocycles. The SMILES string of the molecule is Cc1cc(Cl)cc(Cl)c1S(=O)(=O)Nc1nnc(-c2cc([N+](=O)[O-])ccc2Cl)s1. The number of aryl methyl sites for hydroxylation is 1. The summed E-state index contributed by atoms with van der Waals surface area (Å²) in [7, 11) is -4.07. The summed E-state index contributed by atoms with van der Waals surface area (Å²) < 4.78 is 27.7. The Morgan fingerprint density at radius 2 is 1.82 bits per heavy atom. The second-order valence-corrected chi connectivity index (χ2v) is 9.32. The molecule has 3 aromatic rings. The molecule has 0 saturated carbocycles. The van der Waals surface area contributed by atoms with Crippen molar-refractivity contribution in [2.24, 2.45) is 0 Å². The highest BCUT2D eigenvalue weighted by atomic mass is 35.5. The third-order valence-corrected chi connectivity index (χ3v) is 7.00. The number of halogens is 3. The fraction of sp³-hybridized carbons (Fsp3) is 0.0667. The van der Waals surface area contributed by atoms with Gasteiger partial charge in [0, 0.05) is 22.7 Å². The van der Waals surface area contributed by atoms with Crippen LogP contribution in [0, 0.1) is 17.0 Å². The molecule has 3 rings (SSSR count). The van der Waals surface area contributed by atoms with Gasteiger partial charge in [-0.05, 0) is 30.7 Å². The summed E-state index contributed by atoms with van der Waals surface area (Å²) >= 11 is 18.9. The van der Waals surface area contributed by atoms with Crippen LogP contribution in [-0.4, -0.2) is 23.5 Å². The number of anilines is 1. The molecule has 1 heterocycles. The molecule has 0 aliphatic rings. The molecule has 0 spiro atoms. The number of non-ortho nitro benzene ring substituents is 1. The molecule has 0 aliphatic heterocycles. The molecule has 0 amide bonds. The van der Waals surface area contributed by atoms with Crippen LogP contribution in [0.3, 0.4) is 0 Å². The molecule has 2 aromatic carbocycles. The maximum Gasteiger partial charge on any atom is 0.270 e. The van der Waals surface area contributed by atoms with Crippen LogP contribution in [-0.2, 0) is 10.0 Å². The number of aromatic nitrogens is 2. The van der Waals surface area contributed by atoms with E-state index in [1.807, 2.05) is 0 Å². The van der Waals surface area contributed by atoms with Crippen LogP contribution in [0.5, 0.6) is 0 Å². The number of nitro groups is 1. The second-order valence-electron chi connectivity index (χ2n) is 5.47. The fourth-order valence-electron chi connectivity index (χ4n) is 2.36. The summed E-state index contributed by atoms with van der Waals surface area (Å²) in [6, 6.07) is 6.63. The molecule has 1 aromatic heterocycles. The van der Waals surface area contributed by atoms with Gasteiger partial charge in [0.2, 0.25) is 5.13 Å². The Morgan fingerprint density at radius 3 is 2.46 bits per heavy atom. The first kappa shape index (κ1) is 20.7. The zero-order chi connectivity index (χ0) is 20.6. The van der Waals surface area contributed by atoms with Crippen LogP contribution in [0.2, 0.25) is 15.1 Å². The highest BCUT2D eigenvalue weighted by Crippen LogP contribution is 2.36. The molecule has 0 bridgehead atoms. The molecule has 28 heavy (non-hydrogen) atoms. The van der Waals surface area contributed by atoms with Crippen LogP contribution >= 0.6 is 46.1 Å². The third-order valence-electron chi connectivity index (χ3n) is 3.50. The van der Waals surface area contributed by atoms with Crippen LogP contribution < -0.4 is 4.72 Å². The number of hydrogen-bond donors (Lipinski definition) is 1. The molecule has 8 nitrogen and oxygen atoms in total. The lowest BCUT2D eigenvalue weighted by molar-refractivity contribution is -0.384. The maximum atomic E-state index is 12.7. The van der Waals surface area contributed by atoms with Crippen LogP contribution in [0.4, 0.5) is 10.8 Å². The van der Waals surface area contributed by atoms with Crippen molar-refractivity contribution in [1.82, 2.24) is 10.2 Å². The molecule has 0 radical (unpaired) electrons. The van der Waals surface area contributed by atoms with E-state index in [4.69, 9.17) is 34.8 Å². The standard InChI is InChI=1S/C15H9Cl3N4O4S2/c1-7-4-8(16)5-12(18)13(7)28(25,26)21-15-20-19-14(27-15)10-6-9(22(23)24)2-3-11(10)17/h2-6H,1H3,(H,20,21). The van der Waals surface area contributed by atoms with Gasteiger partial charge in [-0.1, -0.05) is 46.1 Å². The summed E-state index contributed by atoms with van der Waals surface area (Å²) in [4.78, 5) is 10.2. The van der Waals surface area contributed by atoms with E-state index in [0.29, 0.717) is 10.6 Å². The first-order chi connectivity index (χ1) is 13.1. The fourth-order valence-corrected chi connectivity index (χ4v) is 5.81. The van der Waals surface area contributed by atoms with Crippen molar-refractivity contribution >= 4 is 67.0 Å². The Hall–Kier alpha value is -1.98. The van der Waals surface area contributed by atoms with Gasteiger partial charge in [-0.3, -0.25) is 14.8 Å². The van der Waals surface area contributed by atoms with Gasteiger partial charge in [-0.2, -0.15) is 0 Å². The molecule has 0 atom stereocenters. The van der Waals surface area contributed by atoms with E-state index in [2.05, 4.69) is 14.9 Å². The van der Waals surface area contributed by atoms with Crippen molar-refractivity contribution in [3.8, 4) is 10.6 Å². The summed E-state index contributed by atoms with van der Waals surface area (Å²) in [5.74, 6) is 0. The van der Waals surface area contributed by atoms with Crippen molar-refractivity contribution in [1.29, 1.82) is 0 Å². The number of hydrogen-bond acceptors (Lipinski definition) is 7. The maximum absolute atomic E-state index is 12.7. The number of nitrogens with one attached hydrogen (secondary N) is 1. The molecule has 0 aliphatic carbocycles. The Kier molecular flexibility index (Phi) is 5.78. The summed E-state index contributed by atoms with van der Waals surface area (Å²) in [5.41, 5.74) is 0.441. The van der Waals surface area contributed by atoms with Gasteiger partial charge in [0.25, 0.3) is 15.7 Å². The normalized spacial score (nSPS) is 11.4. The van der Waals surface area contributed by atoms with Gasteiger partial charge >= 0.3 is 0 Å². The van der Waals surface area contributed by atoms with E-state index in [0.717, 1.165) is 11.3 Å². The van der Waals surface area contributed by atoms with E-state index in [1.165, 1.54) is 30.3 Å². The van der Waals surface area contributed by atoms with E-state index in [1.54, 1.807) is 6.92 Å². The van der Waals surface area contributed by atoms with Crippen molar-refractivity contribution in [3.05, 3.63) is 61.1 Å². The van der Waals surface area contributed by atoms with Crippen molar-refractivity contribution in [3.63, 3.8) is 0 Å². The number of nitro benzene ring substituents is 1. The largest absolute Gasteiger partial charge is 0.270 e. The smallest absolute Gasteiger partial charge is 0.258 e. The zero-order valence-electron chi connectivity index (χ0n) is 13.8. The minimum Gasteiger partial charge on any atom is -0.258 e. The lowest BCUT2D eigenvalue weighted by Gasteiger charge is -2.10. The number of rotatable bonds is 5. The van der Waals surface area contributed by atoms with E-state index in [9.17, 15) is 18.5 Å². The lowest BCUT2D eigenvalue weighted by atomic mass is 10.2. The lowest BCUT2D eigenvalue weighted by Crippen LogP contribution is -2.14. The molecule has 0 unspecified atom stereocenters.